The number of hydrogen-bond acceptors (Lipinski definition) is 5. The smallest absolute Gasteiger partial charge is 0.349 e. The minimum absolute atomic E-state index is 0.196. The maximum Gasteiger partial charge on any atom is 0.349 e. The summed E-state index contributed by atoms with van der Waals surface area (Å²) in [6.45, 7) is 3.15. The summed E-state index contributed by atoms with van der Waals surface area (Å²) in [7, 11) is 2.05. The summed E-state index contributed by atoms with van der Waals surface area (Å²) in [6.07, 6.45) is 0. The Labute approximate surface area is 138 Å². The maximum absolute atomic E-state index is 11.6. The number of aromatic amines is 1. The third-order valence-corrected chi connectivity index (χ3v) is 4.68. The van der Waals surface area contributed by atoms with Crippen molar-refractivity contribution in [2.75, 3.05) is 18.9 Å². The van der Waals surface area contributed by atoms with Crippen LogP contribution in [0.25, 0.3) is 10.9 Å². The molecule has 4 rings (SSSR count). The predicted octanol–water partition coefficient (Wildman–Crippen LogP) is 1.22. The first-order valence-corrected chi connectivity index (χ1v) is 7.87. The second-order valence-electron chi connectivity index (χ2n) is 5.99. The minimum Gasteiger partial charge on any atom is -0.476 e. The summed E-state index contributed by atoms with van der Waals surface area (Å²) in [5.74, 6) is 0.593. The number of aryl methyl sites for hydroxylation is 1. The molecule has 3 heterocycles. The quantitative estimate of drug-likeness (QED) is 0.625. The van der Waals surface area contributed by atoms with Crippen LogP contribution in [0.15, 0.2) is 29.1 Å². The molecule has 3 aromatic rings. The summed E-state index contributed by atoms with van der Waals surface area (Å²) in [5.41, 5.74) is 9.71. The summed E-state index contributed by atoms with van der Waals surface area (Å²) in [5, 5.41) is 4.63. The van der Waals surface area contributed by atoms with Crippen LogP contribution in [0.1, 0.15) is 22.9 Å². The Morgan fingerprint density at radius 3 is 2.96 bits per heavy atom. The number of benzene rings is 1. The van der Waals surface area contributed by atoms with E-state index >= 15 is 0 Å². The van der Waals surface area contributed by atoms with E-state index in [2.05, 4.69) is 38.9 Å². The fourth-order valence-corrected chi connectivity index (χ4v) is 3.48. The molecule has 0 saturated heterocycles. The van der Waals surface area contributed by atoms with Gasteiger partial charge in [0.25, 0.3) is 0 Å². The molecule has 1 unspecified atom stereocenters. The number of rotatable bonds is 1. The van der Waals surface area contributed by atoms with Gasteiger partial charge in [0.05, 0.1) is 11.6 Å². The maximum atomic E-state index is 11.6. The molecular weight excluding hydrogens is 306 g/mol. The van der Waals surface area contributed by atoms with E-state index in [1.54, 1.807) is 0 Å². The van der Waals surface area contributed by atoms with Gasteiger partial charge in [-0.3, -0.25) is 4.98 Å². The van der Waals surface area contributed by atoms with Crippen molar-refractivity contribution in [1.82, 2.24) is 19.9 Å². The second-order valence-corrected chi connectivity index (χ2v) is 5.99. The number of nitrogen functional groups attached to an aromatic ring is 1. The highest BCUT2D eigenvalue weighted by atomic mass is 16.5. The molecule has 0 aliphatic carbocycles. The van der Waals surface area contributed by atoms with Crippen molar-refractivity contribution < 1.29 is 4.74 Å². The molecule has 1 atom stereocenters. The van der Waals surface area contributed by atoms with Crippen molar-refractivity contribution >= 4 is 16.7 Å². The van der Waals surface area contributed by atoms with Crippen LogP contribution in [-0.2, 0) is 7.05 Å². The van der Waals surface area contributed by atoms with Crippen LogP contribution in [0, 0.1) is 6.92 Å². The summed E-state index contributed by atoms with van der Waals surface area (Å²) >= 11 is 0. The zero-order chi connectivity index (χ0) is 16.8. The van der Waals surface area contributed by atoms with E-state index in [1.807, 2.05) is 19.2 Å². The van der Waals surface area contributed by atoms with E-state index in [1.165, 1.54) is 0 Å². The monoisotopic (exact) mass is 325 g/mol. The van der Waals surface area contributed by atoms with E-state index < -0.39 is 5.69 Å². The number of ether oxygens (including phenoxy) is 1. The lowest BCUT2D eigenvalue weighted by Crippen LogP contribution is -2.26. The molecule has 0 bridgehead atoms. The molecule has 2 aromatic heterocycles. The van der Waals surface area contributed by atoms with E-state index in [0.29, 0.717) is 24.6 Å². The molecule has 7 heteroatoms. The van der Waals surface area contributed by atoms with Crippen LogP contribution in [0.2, 0.25) is 0 Å². The third-order valence-electron chi connectivity index (χ3n) is 4.68. The molecule has 0 spiro atoms. The highest BCUT2D eigenvalue weighted by Gasteiger charge is 2.29. The molecular formula is C17H19N5O2. The number of fused-ring (bicyclic) bond motifs is 2. The van der Waals surface area contributed by atoms with Crippen molar-refractivity contribution in [1.29, 1.82) is 0 Å². The lowest BCUT2D eigenvalue weighted by atomic mass is 9.97. The zero-order valence-electron chi connectivity index (χ0n) is 13.6. The first kappa shape index (κ1) is 14.8. The molecule has 24 heavy (non-hydrogen) atoms. The van der Waals surface area contributed by atoms with Gasteiger partial charge in [-0.15, -0.1) is 0 Å². The van der Waals surface area contributed by atoms with Crippen LogP contribution in [0.4, 0.5) is 5.82 Å². The SMILES string of the molecule is Cc1c(C2NCCOc3nc(=O)[nH]c(N)c32)c2ccccc2n1C. The lowest BCUT2D eigenvalue weighted by molar-refractivity contribution is 0.312. The summed E-state index contributed by atoms with van der Waals surface area (Å²) in [4.78, 5) is 18.2. The van der Waals surface area contributed by atoms with E-state index in [9.17, 15) is 4.79 Å². The standard InChI is InChI=1S/C17H19N5O2/c1-9-12(10-5-3-4-6-11(10)22(9)2)14-13-15(18)20-17(23)21-16(13)24-8-7-19-14/h3-6,14,19H,7-8H2,1-2H3,(H3,18,20,21,23). The van der Waals surface area contributed by atoms with Gasteiger partial charge in [0, 0.05) is 35.8 Å². The van der Waals surface area contributed by atoms with Gasteiger partial charge in [-0.1, -0.05) is 18.2 Å². The van der Waals surface area contributed by atoms with Crippen molar-refractivity contribution in [3.8, 4) is 5.88 Å². The van der Waals surface area contributed by atoms with Crippen LogP contribution < -0.4 is 21.5 Å². The highest BCUT2D eigenvalue weighted by Crippen LogP contribution is 2.38. The van der Waals surface area contributed by atoms with E-state index in [0.717, 1.165) is 22.2 Å². The summed E-state index contributed by atoms with van der Waals surface area (Å²) < 4.78 is 7.80. The number of nitrogens with two attached hydrogens (primary N) is 1. The topological polar surface area (TPSA) is 98.0 Å². The van der Waals surface area contributed by atoms with Crippen LogP contribution in [0.3, 0.4) is 0 Å². The largest absolute Gasteiger partial charge is 0.476 e. The Kier molecular flexibility index (Phi) is 3.31. The number of anilines is 1. The normalized spacial score (nSPS) is 17.3. The molecule has 0 saturated carbocycles. The Morgan fingerprint density at radius 2 is 2.12 bits per heavy atom. The first-order valence-electron chi connectivity index (χ1n) is 7.87. The Balaban J connectivity index is 2.02. The Bertz CT molecular complexity index is 989. The molecule has 0 radical (unpaired) electrons. The number of nitrogens with one attached hydrogen (secondary N) is 2. The van der Waals surface area contributed by atoms with Gasteiger partial charge in [-0.05, 0) is 13.0 Å². The molecule has 1 aromatic carbocycles. The van der Waals surface area contributed by atoms with Gasteiger partial charge >= 0.3 is 5.69 Å². The highest BCUT2D eigenvalue weighted by molar-refractivity contribution is 5.86. The third kappa shape index (κ3) is 2.09. The molecule has 1 aliphatic rings. The Hall–Kier alpha value is -2.80. The molecule has 0 fully saturated rings. The van der Waals surface area contributed by atoms with Gasteiger partial charge in [0.2, 0.25) is 5.88 Å². The number of H-pyrrole nitrogens is 1. The number of nitrogens with zero attached hydrogens (tertiary/aromatic N) is 2. The van der Waals surface area contributed by atoms with Gasteiger partial charge < -0.3 is 20.4 Å². The van der Waals surface area contributed by atoms with Crippen LogP contribution >= 0.6 is 0 Å². The average Bonchev–Trinajstić information content (AvgIpc) is 2.71. The van der Waals surface area contributed by atoms with Crippen molar-refractivity contribution in [2.45, 2.75) is 13.0 Å². The first-order chi connectivity index (χ1) is 11.6. The summed E-state index contributed by atoms with van der Waals surface area (Å²) in [6, 6.07) is 8.04. The molecule has 1 aliphatic heterocycles. The number of hydrogen-bond donors (Lipinski definition) is 3. The lowest BCUT2D eigenvalue weighted by Gasteiger charge is -2.19. The molecule has 4 N–H and O–H groups in total. The average molecular weight is 325 g/mol. The number of para-hydroxylation sites is 1. The van der Waals surface area contributed by atoms with E-state index in [4.69, 9.17) is 10.5 Å². The van der Waals surface area contributed by atoms with Crippen molar-refractivity contribution in [3.05, 3.63) is 51.6 Å². The molecule has 7 nitrogen and oxygen atoms in total. The van der Waals surface area contributed by atoms with Gasteiger partial charge in [0.15, 0.2) is 0 Å². The van der Waals surface area contributed by atoms with Crippen LogP contribution in [-0.4, -0.2) is 27.7 Å². The van der Waals surface area contributed by atoms with E-state index in [-0.39, 0.29) is 11.9 Å². The van der Waals surface area contributed by atoms with Crippen molar-refractivity contribution in [3.63, 3.8) is 0 Å². The fraction of sp³-hybridized carbons (Fsp3) is 0.294. The minimum atomic E-state index is -0.499. The molecule has 124 valence electrons. The van der Waals surface area contributed by atoms with Gasteiger partial charge in [-0.2, -0.15) is 4.98 Å². The fourth-order valence-electron chi connectivity index (χ4n) is 3.48. The zero-order valence-corrected chi connectivity index (χ0v) is 13.6. The van der Waals surface area contributed by atoms with Crippen LogP contribution in [0.5, 0.6) is 5.88 Å². The van der Waals surface area contributed by atoms with Crippen molar-refractivity contribution in [2.24, 2.45) is 7.05 Å². The number of aromatic nitrogens is 3. The predicted molar refractivity (Wildman–Crippen MR) is 92.3 cm³/mol. The van der Waals surface area contributed by atoms with Gasteiger partial charge in [0.1, 0.15) is 12.4 Å². The second kappa shape index (κ2) is 5.38. The Morgan fingerprint density at radius 1 is 1.33 bits per heavy atom. The van der Waals surface area contributed by atoms with Gasteiger partial charge in [-0.25, -0.2) is 4.79 Å². The molecule has 0 amide bonds.